The van der Waals surface area contributed by atoms with E-state index in [4.69, 9.17) is 8.92 Å². The first-order chi connectivity index (χ1) is 13.3. The third kappa shape index (κ3) is 5.64. The summed E-state index contributed by atoms with van der Waals surface area (Å²) in [5.74, 6) is -0.741. The Labute approximate surface area is 167 Å². The van der Waals surface area contributed by atoms with E-state index in [1.165, 1.54) is 6.07 Å². The van der Waals surface area contributed by atoms with Crippen LogP contribution >= 0.6 is 0 Å². The number of carbonyl (C=O) groups excluding carboxylic acids is 2. The minimum Gasteiger partial charge on any atom is -0.467 e. The van der Waals surface area contributed by atoms with Gasteiger partial charge in [-0.2, -0.15) is 8.42 Å². The summed E-state index contributed by atoms with van der Waals surface area (Å²) in [6.07, 6.45) is -2.01. The van der Waals surface area contributed by atoms with E-state index in [0.29, 0.717) is 0 Å². The largest absolute Gasteiger partial charge is 0.467 e. The summed E-state index contributed by atoms with van der Waals surface area (Å²) in [7, 11) is -3.23. The quantitative estimate of drug-likeness (QED) is 0.296. The minimum atomic E-state index is -4.38. The van der Waals surface area contributed by atoms with E-state index in [1.807, 2.05) is 0 Å². The number of nitro benzene ring substituents is 1. The van der Waals surface area contributed by atoms with Crippen LogP contribution in [-0.2, 0) is 28.6 Å². The Morgan fingerprint density at radius 3 is 2.48 bits per heavy atom. The highest BCUT2D eigenvalue weighted by Crippen LogP contribution is 2.28. The van der Waals surface area contributed by atoms with Gasteiger partial charge in [-0.3, -0.25) is 19.2 Å². The number of nitro groups is 1. The average Bonchev–Trinajstić information content (AvgIpc) is 3.03. The number of hydrogen-bond acceptors (Lipinski definition) is 9. The molecule has 11 nitrogen and oxygen atoms in total. The lowest BCUT2D eigenvalue weighted by atomic mass is 10.2. The van der Waals surface area contributed by atoms with Gasteiger partial charge in [-0.1, -0.05) is 6.07 Å². The molecule has 1 aliphatic rings. The van der Waals surface area contributed by atoms with Crippen molar-refractivity contribution in [2.75, 3.05) is 13.7 Å². The standard InChI is InChI=1S/C17H22N2O9S/c1-17(2,3)27-16(21)18-10-12(9-14(18)15(20)26-4)28-29(24,25)13-7-5-6-11(8-13)19(22)23/h5-8,12,14H,9-10H2,1-4H3/t12-,14+/m1/s1. The van der Waals surface area contributed by atoms with E-state index < -0.39 is 55.4 Å². The minimum absolute atomic E-state index is 0.139. The fraction of sp³-hybridized carbons (Fsp3) is 0.529. The van der Waals surface area contributed by atoms with Gasteiger partial charge in [-0.05, 0) is 26.8 Å². The Balaban J connectivity index is 2.22. The van der Waals surface area contributed by atoms with Crippen molar-refractivity contribution in [3.8, 4) is 0 Å². The molecule has 29 heavy (non-hydrogen) atoms. The summed E-state index contributed by atoms with van der Waals surface area (Å²) >= 11 is 0. The number of non-ortho nitro benzene ring substituents is 1. The first-order valence-corrected chi connectivity index (χ1v) is 10.00. The van der Waals surface area contributed by atoms with Crippen molar-refractivity contribution in [3.63, 3.8) is 0 Å². The topological polar surface area (TPSA) is 142 Å². The second-order valence-corrected chi connectivity index (χ2v) is 8.91. The van der Waals surface area contributed by atoms with Crippen molar-refractivity contribution in [1.29, 1.82) is 0 Å². The van der Waals surface area contributed by atoms with E-state index in [1.54, 1.807) is 20.8 Å². The van der Waals surface area contributed by atoms with Gasteiger partial charge in [-0.15, -0.1) is 0 Å². The number of ether oxygens (including phenoxy) is 2. The molecule has 0 radical (unpaired) electrons. The number of likely N-dealkylation sites (tertiary alicyclic amines) is 1. The Bertz CT molecular complexity index is 908. The molecule has 1 heterocycles. The summed E-state index contributed by atoms with van der Waals surface area (Å²) in [5.41, 5.74) is -1.24. The molecule has 0 unspecified atom stereocenters. The van der Waals surface area contributed by atoms with Crippen molar-refractivity contribution in [2.24, 2.45) is 0 Å². The Hall–Kier alpha value is -2.73. The van der Waals surface area contributed by atoms with Crippen LogP contribution < -0.4 is 0 Å². The Morgan fingerprint density at radius 2 is 1.93 bits per heavy atom. The van der Waals surface area contributed by atoms with Crippen molar-refractivity contribution < 1.29 is 36.6 Å². The van der Waals surface area contributed by atoms with Crippen LogP contribution in [-0.4, -0.2) is 61.7 Å². The van der Waals surface area contributed by atoms with Gasteiger partial charge in [0.05, 0.1) is 24.7 Å². The zero-order valence-corrected chi connectivity index (χ0v) is 17.2. The number of rotatable bonds is 5. The molecule has 2 atom stereocenters. The number of esters is 1. The lowest BCUT2D eigenvalue weighted by Crippen LogP contribution is -2.44. The first kappa shape index (κ1) is 22.6. The maximum Gasteiger partial charge on any atom is 0.411 e. The second-order valence-electron chi connectivity index (χ2n) is 7.33. The molecule has 1 amide bonds. The van der Waals surface area contributed by atoms with Crippen molar-refractivity contribution in [3.05, 3.63) is 34.4 Å². The zero-order valence-electron chi connectivity index (χ0n) is 16.4. The lowest BCUT2D eigenvalue weighted by molar-refractivity contribution is -0.385. The maximum atomic E-state index is 12.5. The smallest absolute Gasteiger partial charge is 0.411 e. The van der Waals surface area contributed by atoms with Gasteiger partial charge >= 0.3 is 12.1 Å². The van der Waals surface area contributed by atoms with Crippen LogP contribution in [0.15, 0.2) is 29.2 Å². The Morgan fingerprint density at radius 1 is 1.28 bits per heavy atom. The van der Waals surface area contributed by atoms with Crippen molar-refractivity contribution in [2.45, 2.75) is 49.8 Å². The van der Waals surface area contributed by atoms with Crippen LogP contribution in [0.4, 0.5) is 10.5 Å². The molecule has 1 aromatic rings. The molecule has 1 saturated heterocycles. The molecule has 0 bridgehead atoms. The molecule has 0 saturated carbocycles. The highest BCUT2D eigenvalue weighted by Gasteiger charge is 2.44. The number of benzene rings is 1. The fourth-order valence-electron chi connectivity index (χ4n) is 2.74. The molecule has 2 rings (SSSR count). The van der Waals surface area contributed by atoms with Crippen LogP contribution in [0, 0.1) is 10.1 Å². The fourth-order valence-corrected chi connectivity index (χ4v) is 3.86. The van der Waals surface area contributed by atoms with Crippen molar-refractivity contribution in [1.82, 2.24) is 4.90 Å². The first-order valence-electron chi connectivity index (χ1n) is 8.59. The van der Waals surface area contributed by atoms with Gasteiger partial charge in [0.15, 0.2) is 0 Å². The number of carbonyl (C=O) groups is 2. The van der Waals surface area contributed by atoms with Crippen molar-refractivity contribution >= 4 is 27.9 Å². The van der Waals surface area contributed by atoms with Crippen LogP contribution in [0.2, 0.25) is 0 Å². The molecule has 12 heteroatoms. The zero-order chi connectivity index (χ0) is 22.0. The monoisotopic (exact) mass is 430 g/mol. The van der Waals surface area contributed by atoms with E-state index in [9.17, 15) is 28.1 Å². The second kappa shape index (κ2) is 8.33. The van der Waals surface area contributed by atoms with Gasteiger partial charge in [0.25, 0.3) is 15.8 Å². The summed E-state index contributed by atoms with van der Waals surface area (Å²) in [6.45, 7) is 4.71. The molecule has 0 aromatic heterocycles. The highest BCUT2D eigenvalue weighted by molar-refractivity contribution is 7.86. The number of nitrogens with zero attached hydrogens (tertiary/aromatic N) is 2. The van der Waals surface area contributed by atoms with Gasteiger partial charge in [0, 0.05) is 18.6 Å². The lowest BCUT2D eigenvalue weighted by Gasteiger charge is -2.27. The molecule has 1 aliphatic heterocycles. The predicted octanol–water partition coefficient (Wildman–Crippen LogP) is 1.85. The van der Waals surface area contributed by atoms with Gasteiger partial charge < -0.3 is 9.47 Å². The Kier molecular flexibility index (Phi) is 6.48. The maximum absolute atomic E-state index is 12.5. The average molecular weight is 430 g/mol. The molecule has 1 fully saturated rings. The van der Waals surface area contributed by atoms with E-state index in [0.717, 1.165) is 30.2 Å². The summed E-state index contributed by atoms with van der Waals surface area (Å²) in [4.78, 5) is 35.2. The normalized spacial score (nSPS) is 19.7. The molecule has 0 aliphatic carbocycles. The van der Waals surface area contributed by atoms with E-state index in [2.05, 4.69) is 4.74 Å². The van der Waals surface area contributed by atoms with Crippen LogP contribution in [0.5, 0.6) is 0 Å². The molecule has 0 N–H and O–H groups in total. The third-order valence-corrected chi connectivity index (χ3v) is 5.30. The van der Waals surface area contributed by atoms with Crippen LogP contribution in [0.3, 0.4) is 0 Å². The number of amides is 1. The molecular formula is C17H22N2O9S. The van der Waals surface area contributed by atoms with Gasteiger partial charge in [-0.25, -0.2) is 9.59 Å². The molecule has 160 valence electrons. The third-order valence-electron chi connectivity index (χ3n) is 3.94. The summed E-state index contributed by atoms with van der Waals surface area (Å²) < 4.78 is 40.1. The van der Waals surface area contributed by atoms with Gasteiger partial charge in [0.2, 0.25) is 0 Å². The number of hydrogen-bond donors (Lipinski definition) is 0. The SMILES string of the molecule is COC(=O)[C@@H]1C[C@@H](OS(=O)(=O)c2cccc([N+](=O)[O-])c2)CN1C(=O)OC(C)(C)C. The van der Waals surface area contributed by atoms with E-state index >= 15 is 0 Å². The molecular weight excluding hydrogens is 408 g/mol. The highest BCUT2D eigenvalue weighted by atomic mass is 32.2. The molecule has 1 aromatic carbocycles. The van der Waals surface area contributed by atoms with Gasteiger partial charge in [0.1, 0.15) is 16.5 Å². The van der Waals surface area contributed by atoms with E-state index in [-0.39, 0.29) is 13.0 Å². The predicted molar refractivity (Wildman–Crippen MR) is 98.5 cm³/mol. The summed E-state index contributed by atoms with van der Waals surface area (Å²) in [6, 6.07) is 3.30. The van der Waals surface area contributed by atoms with Crippen LogP contribution in [0.1, 0.15) is 27.2 Å². The molecule has 0 spiro atoms. The number of methoxy groups -OCH3 is 1. The van der Waals surface area contributed by atoms with Crippen LogP contribution in [0.25, 0.3) is 0 Å². The summed E-state index contributed by atoms with van der Waals surface area (Å²) in [5, 5.41) is 10.9.